The van der Waals surface area contributed by atoms with Crippen molar-refractivity contribution in [3.05, 3.63) is 35.8 Å². The molecule has 1 fully saturated rings. The first-order chi connectivity index (χ1) is 19.9. The number of alkyl carbamates (subject to hydrolysis) is 1. The highest BCUT2D eigenvalue weighted by molar-refractivity contribution is 6.60. The molecule has 42 heavy (non-hydrogen) atoms. The van der Waals surface area contributed by atoms with Gasteiger partial charge < -0.3 is 40.4 Å². The summed E-state index contributed by atoms with van der Waals surface area (Å²) < 4.78 is 15.6. The van der Waals surface area contributed by atoms with Crippen LogP contribution >= 0.6 is 0 Å². The van der Waals surface area contributed by atoms with Gasteiger partial charge in [0.05, 0.1) is 60.8 Å². The summed E-state index contributed by atoms with van der Waals surface area (Å²) in [5.74, 6) is -0.911. The number of para-hydroxylation sites is 1. The van der Waals surface area contributed by atoms with Gasteiger partial charge in [0.2, 0.25) is 5.91 Å². The number of hydrogen-bond donors (Lipinski definition) is 5. The Balaban J connectivity index is 1.69. The van der Waals surface area contributed by atoms with Gasteiger partial charge in [0.1, 0.15) is 6.04 Å². The Morgan fingerprint density at radius 3 is 2.50 bits per heavy atom. The zero-order valence-electron chi connectivity index (χ0n) is 22.9. The van der Waals surface area contributed by atoms with Crippen LogP contribution in [0.4, 0.5) is 22.0 Å². The number of aliphatic hydroxyl groups excluding tert-OH is 1. The Morgan fingerprint density at radius 1 is 1.14 bits per heavy atom. The van der Waals surface area contributed by atoms with Crippen molar-refractivity contribution in [2.45, 2.75) is 37.1 Å². The monoisotopic (exact) mass is 570 g/mol. The van der Waals surface area contributed by atoms with Gasteiger partial charge in [0.25, 0.3) is 11.8 Å². The summed E-state index contributed by atoms with van der Waals surface area (Å²) >= 11 is 0. The van der Waals surface area contributed by atoms with E-state index in [0.29, 0.717) is 11.3 Å². The van der Waals surface area contributed by atoms with Crippen LogP contribution in [0.1, 0.15) is 42.1 Å². The molecule has 1 aliphatic rings. The Morgan fingerprint density at radius 2 is 1.88 bits per heavy atom. The first-order valence-corrected chi connectivity index (χ1v) is 12.6. The van der Waals surface area contributed by atoms with Gasteiger partial charge in [0.15, 0.2) is 23.1 Å². The van der Waals surface area contributed by atoms with Gasteiger partial charge in [-0.15, -0.1) is 10.2 Å². The van der Waals surface area contributed by atoms with Gasteiger partial charge in [-0.25, -0.2) is 4.79 Å². The van der Waals surface area contributed by atoms with Crippen LogP contribution in [0.5, 0.6) is 5.75 Å². The van der Waals surface area contributed by atoms with E-state index in [1.54, 1.807) is 18.2 Å². The van der Waals surface area contributed by atoms with E-state index in [9.17, 15) is 19.5 Å². The van der Waals surface area contributed by atoms with E-state index in [1.807, 2.05) is 0 Å². The molecule has 4 rings (SSSR count). The summed E-state index contributed by atoms with van der Waals surface area (Å²) in [5, 5.41) is 30.2. The minimum atomic E-state index is -2.05. The van der Waals surface area contributed by atoms with Crippen molar-refractivity contribution in [3.63, 3.8) is 0 Å². The fraction of sp³-hybridized carbons (Fsp3) is 0.375. The van der Waals surface area contributed by atoms with Crippen LogP contribution in [0.3, 0.4) is 0 Å². The third-order valence-electron chi connectivity index (χ3n) is 5.92. The molecule has 0 bridgehead atoms. The van der Waals surface area contributed by atoms with E-state index in [2.05, 4.69) is 46.3 Å². The summed E-state index contributed by atoms with van der Waals surface area (Å²) in [6.45, 7) is 1.43. The Labute approximate surface area is 244 Å². The van der Waals surface area contributed by atoms with E-state index in [0.717, 1.165) is 12.8 Å². The Kier molecular flexibility index (Phi) is 9.04. The predicted molar refractivity (Wildman–Crippen MR) is 150 cm³/mol. The van der Waals surface area contributed by atoms with E-state index in [1.165, 1.54) is 27.2 Å². The largest absolute Gasteiger partial charge is 0.494 e. The number of carbonyl (C=O) groups is 3. The molecule has 2 aromatic heterocycles. The first kappa shape index (κ1) is 30.4. The summed E-state index contributed by atoms with van der Waals surface area (Å²) in [6.07, 6.45) is -0.342. The van der Waals surface area contributed by atoms with E-state index in [4.69, 9.17) is 32.8 Å². The van der Waals surface area contributed by atoms with Crippen LogP contribution in [-0.4, -0.2) is 92.5 Å². The van der Waals surface area contributed by atoms with Crippen molar-refractivity contribution >= 4 is 58.6 Å². The number of aliphatic hydroxyl groups is 1. The molecule has 212 valence electrons. The molecule has 1 aliphatic carbocycles. The minimum absolute atomic E-state index is 0.00907. The lowest BCUT2D eigenvalue weighted by atomic mass is 9.49. The molecule has 2 heterocycles. The smallest absolute Gasteiger partial charge is 0.407 e. The molecule has 1 aromatic carbocycles. The lowest BCUT2D eigenvalue weighted by Gasteiger charge is -2.23. The van der Waals surface area contributed by atoms with Gasteiger partial charge in [0, 0.05) is 12.0 Å². The normalized spacial score (nSPS) is 14.3. The van der Waals surface area contributed by atoms with Crippen molar-refractivity contribution in [2.24, 2.45) is 5.92 Å². The molecule has 0 saturated heterocycles. The Bertz CT molecular complexity index is 1480. The SMILES string of the molecule is [B]C([B])([B])NC(=O)c1nnc(NC(=O)C2CC2)cc1Nc1cccc(-c2nc([C@@H](NC(=O)OC)[C@@H](C)O)no2)c1OC. The number of ether oxygens (including phenoxy) is 2. The number of aromatic nitrogens is 4. The minimum Gasteiger partial charge on any atom is -0.494 e. The summed E-state index contributed by atoms with van der Waals surface area (Å²) in [5.41, 5.74) is 0.488. The van der Waals surface area contributed by atoms with Crippen molar-refractivity contribution in [1.29, 1.82) is 0 Å². The third kappa shape index (κ3) is 7.37. The molecule has 0 unspecified atom stereocenters. The van der Waals surface area contributed by atoms with Crippen molar-refractivity contribution in [1.82, 2.24) is 31.0 Å². The van der Waals surface area contributed by atoms with E-state index < -0.39 is 29.4 Å². The van der Waals surface area contributed by atoms with Crippen molar-refractivity contribution < 1.29 is 33.5 Å². The maximum Gasteiger partial charge on any atom is 0.407 e. The van der Waals surface area contributed by atoms with E-state index in [-0.39, 0.29) is 46.5 Å². The summed E-state index contributed by atoms with van der Waals surface area (Å²) in [7, 11) is 19.2. The van der Waals surface area contributed by atoms with Crippen molar-refractivity contribution in [2.75, 3.05) is 24.9 Å². The molecule has 6 radical (unpaired) electrons. The number of rotatable bonds is 11. The number of nitrogens with one attached hydrogen (secondary N) is 4. The van der Waals surface area contributed by atoms with Crippen LogP contribution < -0.4 is 26.0 Å². The number of benzene rings is 1. The van der Waals surface area contributed by atoms with Gasteiger partial charge in [-0.3, -0.25) is 9.59 Å². The molecule has 2 atom stereocenters. The molecule has 5 N–H and O–H groups in total. The standard InChI is InChI=1S/C24H25B3N8O7/c1-10(36)16(30-23(39)41-3)19-31-22(42-35-19)12-5-4-6-13(18(12)40-2)28-14-9-15(29-20(37)11-7-8-11)33-34-17(14)21(38)32-24(25,26)27/h4-6,9-11,16,36H,7-8H2,1-3H3,(H,30,39)(H,32,38)(H2,28,29,33,37)/t10-,16+/m1/s1. The third-order valence-corrected chi connectivity index (χ3v) is 5.92. The number of nitrogens with zero attached hydrogens (tertiary/aromatic N) is 4. The highest BCUT2D eigenvalue weighted by atomic mass is 16.5. The molecular formula is C24H25B3N8O7. The maximum absolute atomic E-state index is 12.9. The highest BCUT2D eigenvalue weighted by Crippen LogP contribution is 2.38. The quantitative estimate of drug-likeness (QED) is 0.197. The number of anilines is 3. The lowest BCUT2D eigenvalue weighted by Crippen LogP contribution is -2.50. The van der Waals surface area contributed by atoms with Gasteiger partial charge in [-0.1, -0.05) is 16.5 Å². The molecule has 3 amide bonds. The van der Waals surface area contributed by atoms with Crippen LogP contribution in [0.2, 0.25) is 0 Å². The maximum atomic E-state index is 12.9. The molecule has 18 heteroatoms. The van der Waals surface area contributed by atoms with Gasteiger partial charge in [-0.2, -0.15) is 4.98 Å². The first-order valence-electron chi connectivity index (χ1n) is 12.6. The number of methoxy groups -OCH3 is 2. The molecule has 15 nitrogen and oxygen atoms in total. The fourth-order valence-electron chi connectivity index (χ4n) is 3.77. The lowest BCUT2D eigenvalue weighted by molar-refractivity contribution is -0.117. The topological polar surface area (TPSA) is 203 Å². The number of hydrogen-bond acceptors (Lipinski definition) is 12. The summed E-state index contributed by atoms with van der Waals surface area (Å²) in [6, 6.07) is 5.25. The zero-order chi connectivity index (χ0) is 30.6. The average Bonchev–Trinajstić information content (AvgIpc) is 3.67. The van der Waals surface area contributed by atoms with Gasteiger partial charge in [-0.05, 0) is 31.9 Å². The van der Waals surface area contributed by atoms with Crippen molar-refractivity contribution in [3.8, 4) is 17.2 Å². The second kappa shape index (κ2) is 12.5. The molecule has 0 aliphatic heterocycles. The Hall–Kier alpha value is -4.60. The highest BCUT2D eigenvalue weighted by Gasteiger charge is 2.31. The van der Waals surface area contributed by atoms with Crippen LogP contribution in [0.25, 0.3) is 11.5 Å². The van der Waals surface area contributed by atoms with Crippen LogP contribution in [0.15, 0.2) is 28.8 Å². The van der Waals surface area contributed by atoms with E-state index >= 15 is 0 Å². The number of amides is 3. The van der Waals surface area contributed by atoms with Crippen LogP contribution in [-0.2, 0) is 9.53 Å². The van der Waals surface area contributed by atoms with Crippen LogP contribution in [0, 0.1) is 5.92 Å². The molecule has 1 saturated carbocycles. The predicted octanol–water partition coefficient (Wildman–Crippen LogP) is 0.252. The van der Waals surface area contributed by atoms with Gasteiger partial charge >= 0.3 is 6.09 Å². The second-order valence-corrected chi connectivity index (χ2v) is 9.47. The molecule has 0 spiro atoms. The average molecular weight is 570 g/mol. The summed E-state index contributed by atoms with van der Waals surface area (Å²) in [4.78, 5) is 41.2. The fourth-order valence-corrected chi connectivity index (χ4v) is 3.77. The molecule has 3 aromatic rings. The second-order valence-electron chi connectivity index (χ2n) is 9.47. The molecular weight excluding hydrogens is 545 g/mol. The zero-order valence-corrected chi connectivity index (χ0v) is 22.9. The number of carbonyl (C=O) groups excluding carboxylic acids is 3.